The van der Waals surface area contributed by atoms with E-state index in [2.05, 4.69) is 27.9 Å². The molecule has 2 aliphatic rings. The Morgan fingerprint density at radius 2 is 2.16 bits per heavy atom. The normalized spacial score (nSPS) is 14.1. The molecule has 0 saturated heterocycles. The van der Waals surface area contributed by atoms with E-state index in [1.54, 1.807) is 0 Å². The SMILES string of the molecule is CCn1c(-c2ccc3c(c2)OCCO3)cnc1SCC(=O)Nc1sc2c(c1C#N)CCC2. The van der Waals surface area contributed by atoms with E-state index in [4.69, 9.17) is 9.47 Å². The van der Waals surface area contributed by atoms with Crippen molar-refractivity contribution in [3.63, 3.8) is 0 Å². The topological polar surface area (TPSA) is 89.2 Å². The van der Waals surface area contributed by atoms with Gasteiger partial charge in [0.25, 0.3) is 0 Å². The summed E-state index contributed by atoms with van der Waals surface area (Å²) in [6, 6.07) is 8.16. The van der Waals surface area contributed by atoms with E-state index < -0.39 is 0 Å². The zero-order valence-electron chi connectivity index (χ0n) is 17.6. The Bertz CT molecular complexity index is 1220. The van der Waals surface area contributed by atoms with Crippen LogP contribution in [-0.2, 0) is 24.2 Å². The van der Waals surface area contributed by atoms with Crippen LogP contribution in [0, 0.1) is 11.3 Å². The van der Waals surface area contributed by atoms with Crippen molar-refractivity contribution in [2.75, 3.05) is 24.3 Å². The van der Waals surface area contributed by atoms with Crippen molar-refractivity contribution in [2.45, 2.75) is 37.9 Å². The first kappa shape index (κ1) is 20.9. The highest BCUT2D eigenvalue weighted by Crippen LogP contribution is 2.39. The third kappa shape index (κ3) is 3.85. The maximum Gasteiger partial charge on any atom is 0.235 e. The minimum Gasteiger partial charge on any atom is -0.486 e. The zero-order valence-corrected chi connectivity index (χ0v) is 19.3. The van der Waals surface area contributed by atoms with Crippen LogP contribution in [-0.4, -0.2) is 34.4 Å². The average molecular weight is 467 g/mol. The number of nitrogens with one attached hydrogen (secondary N) is 1. The molecule has 3 aromatic rings. The van der Waals surface area contributed by atoms with Crippen molar-refractivity contribution in [3.05, 3.63) is 40.4 Å². The highest BCUT2D eigenvalue weighted by molar-refractivity contribution is 7.99. The lowest BCUT2D eigenvalue weighted by Crippen LogP contribution is -2.15. The summed E-state index contributed by atoms with van der Waals surface area (Å²) in [7, 11) is 0. The minimum absolute atomic E-state index is 0.127. The summed E-state index contributed by atoms with van der Waals surface area (Å²) < 4.78 is 13.4. The summed E-state index contributed by atoms with van der Waals surface area (Å²) in [4.78, 5) is 18.4. The number of nitriles is 1. The van der Waals surface area contributed by atoms with Gasteiger partial charge in [0.1, 0.15) is 24.3 Å². The maximum absolute atomic E-state index is 12.6. The second-order valence-corrected chi connectivity index (χ2v) is 9.59. The molecule has 1 amide bonds. The van der Waals surface area contributed by atoms with Crippen molar-refractivity contribution in [1.82, 2.24) is 9.55 Å². The molecule has 1 aliphatic carbocycles. The Morgan fingerprint density at radius 1 is 1.31 bits per heavy atom. The number of carbonyl (C=O) groups excluding carboxylic acids is 1. The molecule has 0 saturated carbocycles. The van der Waals surface area contributed by atoms with Crippen LogP contribution >= 0.6 is 23.1 Å². The zero-order chi connectivity index (χ0) is 22.1. The number of thiophene rings is 1. The summed E-state index contributed by atoms with van der Waals surface area (Å²) in [6.45, 7) is 3.89. The Morgan fingerprint density at radius 3 is 2.97 bits per heavy atom. The Labute approximate surface area is 194 Å². The molecule has 5 rings (SSSR count). The van der Waals surface area contributed by atoms with Crippen LogP contribution in [0.25, 0.3) is 11.3 Å². The lowest BCUT2D eigenvalue weighted by molar-refractivity contribution is -0.113. The van der Waals surface area contributed by atoms with Crippen LogP contribution in [0.2, 0.25) is 0 Å². The smallest absolute Gasteiger partial charge is 0.235 e. The van der Waals surface area contributed by atoms with Crippen molar-refractivity contribution in [1.29, 1.82) is 5.26 Å². The fraction of sp³-hybridized carbons (Fsp3) is 0.348. The number of rotatable bonds is 6. The first-order valence-electron chi connectivity index (χ1n) is 10.6. The Hall–Kier alpha value is -2.96. The van der Waals surface area contributed by atoms with E-state index in [1.807, 2.05) is 24.4 Å². The molecule has 2 aromatic heterocycles. The monoisotopic (exact) mass is 466 g/mol. The van der Waals surface area contributed by atoms with Gasteiger partial charge in [0.2, 0.25) is 5.91 Å². The van der Waals surface area contributed by atoms with Crippen LogP contribution in [0.5, 0.6) is 11.5 Å². The number of ether oxygens (including phenoxy) is 2. The van der Waals surface area contributed by atoms with E-state index in [-0.39, 0.29) is 11.7 Å². The Balaban J connectivity index is 1.29. The summed E-state index contributed by atoms with van der Waals surface area (Å²) in [5.41, 5.74) is 3.71. The fourth-order valence-corrected chi connectivity index (χ4v) is 6.21. The number of nitrogens with zero attached hydrogens (tertiary/aromatic N) is 3. The van der Waals surface area contributed by atoms with E-state index in [0.717, 1.165) is 59.3 Å². The molecule has 7 nitrogen and oxygen atoms in total. The standard InChI is InChI=1S/C23H22N4O3S2/c1-2-27-17(14-6-7-18-19(10-14)30-9-8-29-18)12-25-23(27)31-13-21(28)26-22-16(11-24)15-4-3-5-20(15)32-22/h6-7,10,12H,2-5,8-9,13H2,1H3,(H,26,28). The number of benzene rings is 1. The van der Waals surface area contributed by atoms with Crippen LogP contribution in [0.1, 0.15) is 29.3 Å². The van der Waals surface area contributed by atoms with Crippen LogP contribution in [0.3, 0.4) is 0 Å². The number of aromatic nitrogens is 2. The first-order chi connectivity index (χ1) is 15.7. The van der Waals surface area contributed by atoms with Gasteiger partial charge in [-0.15, -0.1) is 11.3 Å². The van der Waals surface area contributed by atoms with Crippen molar-refractivity contribution < 1.29 is 14.3 Å². The molecule has 9 heteroatoms. The summed E-state index contributed by atoms with van der Waals surface area (Å²) in [5, 5.41) is 13.9. The average Bonchev–Trinajstić information content (AvgIpc) is 3.51. The second-order valence-electron chi connectivity index (χ2n) is 7.54. The molecule has 0 radical (unpaired) electrons. The first-order valence-corrected chi connectivity index (χ1v) is 12.4. The van der Waals surface area contributed by atoms with Gasteiger partial charge in [0.05, 0.1) is 23.2 Å². The number of imidazole rings is 1. The largest absolute Gasteiger partial charge is 0.486 e. The highest BCUT2D eigenvalue weighted by atomic mass is 32.2. The number of thioether (sulfide) groups is 1. The molecule has 0 spiro atoms. The highest BCUT2D eigenvalue weighted by Gasteiger charge is 2.23. The molecule has 0 unspecified atom stereocenters. The predicted molar refractivity (Wildman–Crippen MR) is 125 cm³/mol. The fourth-order valence-electron chi connectivity index (χ4n) is 4.12. The Kier molecular flexibility index (Phi) is 5.81. The van der Waals surface area contributed by atoms with Gasteiger partial charge in [-0.05, 0) is 49.9 Å². The quantitative estimate of drug-likeness (QED) is 0.538. The third-order valence-corrected chi connectivity index (χ3v) is 7.79. The molecule has 164 valence electrons. The number of anilines is 1. The van der Waals surface area contributed by atoms with E-state index in [0.29, 0.717) is 23.8 Å². The van der Waals surface area contributed by atoms with Gasteiger partial charge >= 0.3 is 0 Å². The third-order valence-electron chi connectivity index (χ3n) is 5.59. The minimum atomic E-state index is -0.127. The lowest BCUT2D eigenvalue weighted by Gasteiger charge is -2.19. The van der Waals surface area contributed by atoms with E-state index >= 15 is 0 Å². The van der Waals surface area contributed by atoms with Gasteiger partial charge in [0.15, 0.2) is 16.7 Å². The summed E-state index contributed by atoms with van der Waals surface area (Å²) in [5.74, 6) is 1.59. The van der Waals surface area contributed by atoms with E-state index in [1.165, 1.54) is 28.0 Å². The van der Waals surface area contributed by atoms with Gasteiger partial charge in [-0.1, -0.05) is 11.8 Å². The second kappa shape index (κ2) is 8.88. The number of fused-ring (bicyclic) bond motifs is 2. The maximum atomic E-state index is 12.6. The van der Waals surface area contributed by atoms with Crippen LogP contribution in [0.4, 0.5) is 5.00 Å². The molecule has 32 heavy (non-hydrogen) atoms. The molecule has 3 heterocycles. The van der Waals surface area contributed by atoms with Crippen LogP contribution in [0.15, 0.2) is 29.6 Å². The molecule has 1 aromatic carbocycles. The van der Waals surface area contributed by atoms with Crippen molar-refractivity contribution in [3.8, 4) is 28.8 Å². The summed E-state index contributed by atoms with van der Waals surface area (Å²) in [6.07, 6.45) is 4.84. The number of hydrogen-bond acceptors (Lipinski definition) is 7. The number of aryl methyl sites for hydroxylation is 1. The molecule has 1 aliphatic heterocycles. The predicted octanol–water partition coefficient (Wildman–Crippen LogP) is 4.49. The summed E-state index contributed by atoms with van der Waals surface area (Å²) >= 11 is 2.93. The molecular weight excluding hydrogens is 444 g/mol. The number of hydrogen-bond donors (Lipinski definition) is 1. The number of carbonyl (C=O) groups is 1. The molecule has 0 atom stereocenters. The van der Waals surface area contributed by atoms with Gasteiger partial charge in [-0.2, -0.15) is 5.26 Å². The van der Waals surface area contributed by atoms with Gasteiger partial charge in [-0.3, -0.25) is 4.79 Å². The van der Waals surface area contributed by atoms with Crippen molar-refractivity contribution in [2.24, 2.45) is 0 Å². The number of amides is 1. The molecule has 1 N–H and O–H groups in total. The van der Waals surface area contributed by atoms with Gasteiger partial charge in [-0.25, -0.2) is 4.98 Å². The molecular formula is C23H22N4O3S2. The van der Waals surface area contributed by atoms with Crippen LogP contribution < -0.4 is 14.8 Å². The lowest BCUT2D eigenvalue weighted by atomic mass is 10.1. The van der Waals surface area contributed by atoms with Crippen molar-refractivity contribution >= 4 is 34.0 Å². The molecule has 0 fully saturated rings. The van der Waals surface area contributed by atoms with Gasteiger partial charge in [0, 0.05) is 17.0 Å². The van der Waals surface area contributed by atoms with E-state index in [9.17, 15) is 10.1 Å². The molecule has 0 bridgehead atoms. The van der Waals surface area contributed by atoms with Gasteiger partial charge < -0.3 is 19.4 Å².